The number of rotatable bonds is 5. The van der Waals surface area contributed by atoms with Crippen molar-refractivity contribution < 1.29 is 14.7 Å². The predicted octanol–water partition coefficient (Wildman–Crippen LogP) is 1.38. The highest BCUT2D eigenvalue weighted by Crippen LogP contribution is 2.23. The molecule has 110 valence electrons. The molecule has 1 heterocycles. The summed E-state index contributed by atoms with van der Waals surface area (Å²) in [5, 5.41) is 15.1. The number of hydrogen-bond donors (Lipinski definition) is 3. The quantitative estimate of drug-likeness (QED) is 0.705. The minimum absolute atomic E-state index is 0.00151. The van der Waals surface area contributed by atoms with Gasteiger partial charge in [-0.25, -0.2) is 0 Å². The molecule has 0 aromatic heterocycles. The van der Waals surface area contributed by atoms with Crippen LogP contribution < -0.4 is 10.6 Å². The first-order valence-corrected chi connectivity index (χ1v) is 7.01. The van der Waals surface area contributed by atoms with E-state index in [1.807, 2.05) is 0 Å². The van der Waals surface area contributed by atoms with Crippen molar-refractivity contribution in [3.8, 4) is 0 Å². The number of hydrogen-bond acceptors (Lipinski definition) is 3. The molecule has 1 atom stereocenters. The van der Waals surface area contributed by atoms with Crippen molar-refractivity contribution in [1.82, 2.24) is 10.6 Å². The molecule has 0 aliphatic carbocycles. The normalized spacial score (nSPS) is 18.9. The monoisotopic (exact) mass is 270 g/mol. The maximum atomic E-state index is 12.1. The SMILES string of the molecule is CC(C)(C)CC(CC(=O)O)NC(=O)C1CCNCC1. The molecule has 0 aromatic carbocycles. The van der Waals surface area contributed by atoms with Gasteiger partial charge in [-0.3, -0.25) is 9.59 Å². The number of carboxylic acid groups (broad SMARTS) is 1. The van der Waals surface area contributed by atoms with Gasteiger partial charge in [0, 0.05) is 12.0 Å². The Morgan fingerprint density at radius 3 is 2.37 bits per heavy atom. The lowest BCUT2D eigenvalue weighted by Crippen LogP contribution is -2.44. The Bertz CT molecular complexity index is 317. The van der Waals surface area contributed by atoms with Crippen molar-refractivity contribution in [1.29, 1.82) is 0 Å². The first kappa shape index (κ1) is 16.0. The fraction of sp³-hybridized carbons (Fsp3) is 0.857. The van der Waals surface area contributed by atoms with E-state index >= 15 is 0 Å². The minimum atomic E-state index is -0.861. The first-order chi connectivity index (χ1) is 8.78. The summed E-state index contributed by atoms with van der Waals surface area (Å²) in [5.41, 5.74) is 0.00151. The van der Waals surface area contributed by atoms with Gasteiger partial charge in [0.05, 0.1) is 6.42 Å². The van der Waals surface area contributed by atoms with Gasteiger partial charge >= 0.3 is 5.97 Å². The average Bonchev–Trinajstić information content (AvgIpc) is 2.26. The largest absolute Gasteiger partial charge is 0.481 e. The highest BCUT2D eigenvalue weighted by Gasteiger charge is 2.26. The Morgan fingerprint density at radius 2 is 1.89 bits per heavy atom. The van der Waals surface area contributed by atoms with Crippen molar-refractivity contribution in [3.63, 3.8) is 0 Å². The second-order valence-corrected chi connectivity index (χ2v) is 6.59. The Kier molecular flexibility index (Phi) is 5.79. The molecule has 1 rings (SSSR count). The zero-order chi connectivity index (χ0) is 14.5. The fourth-order valence-electron chi connectivity index (χ4n) is 2.53. The summed E-state index contributed by atoms with van der Waals surface area (Å²) in [6.07, 6.45) is 2.34. The molecule has 0 aromatic rings. The van der Waals surface area contributed by atoms with Crippen LogP contribution in [0.2, 0.25) is 0 Å². The number of carbonyl (C=O) groups excluding carboxylic acids is 1. The first-order valence-electron chi connectivity index (χ1n) is 7.01. The predicted molar refractivity (Wildman–Crippen MR) is 73.8 cm³/mol. The van der Waals surface area contributed by atoms with Gasteiger partial charge in [-0.1, -0.05) is 20.8 Å². The second kappa shape index (κ2) is 6.89. The molecule has 0 saturated carbocycles. The van der Waals surface area contributed by atoms with Crippen LogP contribution in [0.25, 0.3) is 0 Å². The van der Waals surface area contributed by atoms with Gasteiger partial charge in [0.2, 0.25) is 5.91 Å². The summed E-state index contributed by atoms with van der Waals surface area (Å²) in [5.74, 6) is -0.825. The van der Waals surface area contributed by atoms with E-state index in [2.05, 4.69) is 31.4 Å². The number of carboxylic acids is 1. The van der Waals surface area contributed by atoms with Gasteiger partial charge in [-0.15, -0.1) is 0 Å². The van der Waals surface area contributed by atoms with Gasteiger partial charge in [0.25, 0.3) is 0 Å². The van der Waals surface area contributed by atoms with Crippen molar-refractivity contribution >= 4 is 11.9 Å². The van der Waals surface area contributed by atoms with Crippen LogP contribution in [0, 0.1) is 11.3 Å². The summed E-state index contributed by atoms with van der Waals surface area (Å²) in [7, 11) is 0. The average molecular weight is 270 g/mol. The number of aliphatic carboxylic acids is 1. The standard InChI is InChI=1S/C14H26N2O3/c1-14(2,3)9-11(8-12(17)18)16-13(19)10-4-6-15-7-5-10/h10-11,15H,4-9H2,1-3H3,(H,16,19)(H,17,18). The summed E-state index contributed by atoms with van der Waals surface area (Å²) >= 11 is 0. The van der Waals surface area contributed by atoms with Gasteiger partial charge in [0.1, 0.15) is 0 Å². The number of carbonyl (C=O) groups is 2. The lowest BCUT2D eigenvalue weighted by atomic mass is 9.86. The third-order valence-corrected chi connectivity index (χ3v) is 3.34. The topological polar surface area (TPSA) is 78.4 Å². The molecule has 1 aliphatic rings. The van der Waals surface area contributed by atoms with Crippen LogP contribution >= 0.6 is 0 Å². The molecule has 1 fully saturated rings. The second-order valence-electron chi connectivity index (χ2n) is 6.59. The van der Waals surface area contributed by atoms with Crippen molar-refractivity contribution in [3.05, 3.63) is 0 Å². The van der Waals surface area contributed by atoms with Crippen LogP contribution in [-0.4, -0.2) is 36.1 Å². The molecule has 5 heteroatoms. The summed E-state index contributed by atoms with van der Waals surface area (Å²) < 4.78 is 0. The summed E-state index contributed by atoms with van der Waals surface area (Å²) in [4.78, 5) is 23.0. The highest BCUT2D eigenvalue weighted by atomic mass is 16.4. The lowest BCUT2D eigenvalue weighted by Gasteiger charge is -2.28. The molecule has 0 bridgehead atoms. The van der Waals surface area contributed by atoms with Crippen LogP contribution in [0.4, 0.5) is 0 Å². The van der Waals surface area contributed by atoms with Crippen LogP contribution in [0.1, 0.15) is 46.5 Å². The van der Waals surface area contributed by atoms with E-state index in [1.54, 1.807) is 0 Å². The molecule has 3 N–H and O–H groups in total. The fourth-order valence-corrected chi connectivity index (χ4v) is 2.53. The Labute approximate surface area is 115 Å². The van der Waals surface area contributed by atoms with Gasteiger partial charge in [-0.2, -0.15) is 0 Å². The molecule has 1 amide bonds. The highest BCUT2D eigenvalue weighted by molar-refractivity contribution is 5.79. The van der Waals surface area contributed by atoms with Crippen LogP contribution in [-0.2, 0) is 9.59 Å². The van der Waals surface area contributed by atoms with E-state index in [9.17, 15) is 9.59 Å². The van der Waals surface area contributed by atoms with Crippen LogP contribution in [0.3, 0.4) is 0 Å². The van der Waals surface area contributed by atoms with E-state index in [0.717, 1.165) is 25.9 Å². The zero-order valence-corrected chi connectivity index (χ0v) is 12.2. The van der Waals surface area contributed by atoms with Crippen LogP contribution in [0.15, 0.2) is 0 Å². The summed E-state index contributed by atoms with van der Waals surface area (Å²) in [6, 6.07) is -0.278. The van der Waals surface area contributed by atoms with E-state index in [-0.39, 0.29) is 29.7 Å². The van der Waals surface area contributed by atoms with Crippen molar-refractivity contribution in [2.24, 2.45) is 11.3 Å². The minimum Gasteiger partial charge on any atom is -0.481 e. The molecule has 1 unspecified atom stereocenters. The van der Waals surface area contributed by atoms with Gasteiger partial charge in [0.15, 0.2) is 0 Å². The Balaban J connectivity index is 2.54. The van der Waals surface area contributed by atoms with Crippen LogP contribution in [0.5, 0.6) is 0 Å². The number of amides is 1. The molecule has 1 aliphatic heterocycles. The molecular formula is C14H26N2O3. The molecule has 5 nitrogen and oxygen atoms in total. The summed E-state index contributed by atoms with van der Waals surface area (Å²) in [6.45, 7) is 7.89. The third-order valence-electron chi connectivity index (χ3n) is 3.34. The Morgan fingerprint density at radius 1 is 1.32 bits per heavy atom. The smallest absolute Gasteiger partial charge is 0.305 e. The molecule has 19 heavy (non-hydrogen) atoms. The molecule has 0 spiro atoms. The van der Waals surface area contributed by atoms with Crippen molar-refractivity contribution in [2.75, 3.05) is 13.1 Å². The molecular weight excluding hydrogens is 244 g/mol. The maximum Gasteiger partial charge on any atom is 0.305 e. The Hall–Kier alpha value is -1.10. The van der Waals surface area contributed by atoms with E-state index in [0.29, 0.717) is 6.42 Å². The van der Waals surface area contributed by atoms with E-state index in [1.165, 1.54) is 0 Å². The number of nitrogens with one attached hydrogen (secondary N) is 2. The molecule has 1 saturated heterocycles. The third kappa shape index (κ3) is 6.57. The zero-order valence-electron chi connectivity index (χ0n) is 12.2. The van der Waals surface area contributed by atoms with Gasteiger partial charge in [-0.05, 0) is 37.8 Å². The molecule has 0 radical (unpaired) electrons. The van der Waals surface area contributed by atoms with E-state index in [4.69, 9.17) is 5.11 Å². The number of piperidine rings is 1. The maximum absolute atomic E-state index is 12.1. The van der Waals surface area contributed by atoms with E-state index < -0.39 is 5.97 Å². The van der Waals surface area contributed by atoms with Crippen molar-refractivity contribution in [2.45, 2.75) is 52.5 Å². The van der Waals surface area contributed by atoms with Gasteiger partial charge < -0.3 is 15.7 Å². The lowest BCUT2D eigenvalue weighted by molar-refractivity contribution is -0.138.